The fraction of sp³-hybridized carbons (Fsp3) is 0.182. The van der Waals surface area contributed by atoms with Crippen molar-refractivity contribution in [1.82, 2.24) is 9.55 Å². The van der Waals surface area contributed by atoms with E-state index in [9.17, 15) is 0 Å². The number of halogens is 1. The van der Waals surface area contributed by atoms with Crippen LogP contribution in [0.5, 0.6) is 0 Å². The third-order valence-corrected chi connectivity index (χ3v) is 3.84. The molecule has 3 nitrogen and oxygen atoms in total. The fourth-order valence-corrected chi connectivity index (χ4v) is 2.69. The van der Waals surface area contributed by atoms with Gasteiger partial charge in [-0.15, -0.1) is 11.8 Å². The van der Waals surface area contributed by atoms with Crippen molar-refractivity contribution in [3.63, 3.8) is 0 Å². The first-order valence-corrected chi connectivity index (χ1v) is 6.18. The molecule has 0 saturated carbocycles. The van der Waals surface area contributed by atoms with Crippen molar-refractivity contribution in [2.45, 2.75) is 10.6 Å². The van der Waals surface area contributed by atoms with E-state index in [1.165, 1.54) is 0 Å². The van der Waals surface area contributed by atoms with Crippen LogP contribution in [0.15, 0.2) is 35.5 Å². The number of anilines is 1. The highest BCUT2D eigenvalue weighted by Gasteiger charge is 2.07. The predicted octanol–water partition coefficient (Wildman–Crippen LogP) is 2.95. The molecule has 1 aromatic carbocycles. The largest absolute Gasteiger partial charge is 0.398 e. The van der Waals surface area contributed by atoms with Crippen molar-refractivity contribution < 1.29 is 0 Å². The summed E-state index contributed by atoms with van der Waals surface area (Å²) in [7, 11) is 1.97. The minimum absolute atomic E-state index is 0.694. The molecule has 0 fully saturated rings. The zero-order chi connectivity index (χ0) is 11.5. The Balaban J connectivity index is 2.14. The predicted molar refractivity (Wildman–Crippen MR) is 68.6 cm³/mol. The Morgan fingerprint density at radius 3 is 2.94 bits per heavy atom. The van der Waals surface area contributed by atoms with Gasteiger partial charge < -0.3 is 10.3 Å². The van der Waals surface area contributed by atoms with Crippen molar-refractivity contribution in [3.05, 3.63) is 41.4 Å². The normalized spacial score (nSPS) is 10.6. The van der Waals surface area contributed by atoms with E-state index in [1.54, 1.807) is 18.0 Å². The smallest absolute Gasteiger partial charge is 0.118 e. The molecule has 0 radical (unpaired) electrons. The highest BCUT2D eigenvalue weighted by Crippen LogP contribution is 2.33. The van der Waals surface area contributed by atoms with Crippen molar-refractivity contribution in [2.75, 3.05) is 5.73 Å². The Bertz CT molecular complexity index is 475. The summed E-state index contributed by atoms with van der Waals surface area (Å²) in [5.74, 6) is 1.77. The van der Waals surface area contributed by atoms with Gasteiger partial charge in [-0.1, -0.05) is 17.7 Å². The van der Waals surface area contributed by atoms with Gasteiger partial charge in [-0.3, -0.25) is 0 Å². The molecule has 2 rings (SSSR count). The van der Waals surface area contributed by atoms with Crippen LogP contribution in [0.25, 0.3) is 0 Å². The van der Waals surface area contributed by atoms with Crippen LogP contribution in [-0.2, 0) is 12.8 Å². The molecule has 16 heavy (non-hydrogen) atoms. The number of rotatable bonds is 3. The van der Waals surface area contributed by atoms with Crippen LogP contribution < -0.4 is 5.73 Å². The second kappa shape index (κ2) is 4.80. The molecule has 0 aliphatic carbocycles. The van der Waals surface area contributed by atoms with Crippen LogP contribution in [0.2, 0.25) is 5.02 Å². The number of thioether (sulfide) groups is 1. The van der Waals surface area contributed by atoms with Crippen LogP contribution in [0.4, 0.5) is 5.69 Å². The number of hydrogen-bond donors (Lipinski definition) is 1. The number of nitrogens with zero attached hydrogens (tertiary/aromatic N) is 2. The van der Waals surface area contributed by atoms with Gasteiger partial charge in [-0.2, -0.15) is 0 Å². The lowest BCUT2D eigenvalue weighted by atomic mass is 10.3. The Labute approximate surface area is 104 Å². The zero-order valence-electron chi connectivity index (χ0n) is 8.85. The molecule has 0 spiro atoms. The number of benzene rings is 1. The molecule has 1 aromatic heterocycles. The molecule has 2 N–H and O–H groups in total. The van der Waals surface area contributed by atoms with E-state index in [4.69, 9.17) is 17.3 Å². The number of aromatic nitrogens is 2. The summed E-state index contributed by atoms with van der Waals surface area (Å²) < 4.78 is 1.99. The van der Waals surface area contributed by atoms with E-state index in [0.717, 1.165) is 16.5 Å². The average Bonchev–Trinajstić information content (AvgIpc) is 2.64. The third-order valence-electron chi connectivity index (χ3n) is 2.26. The Morgan fingerprint density at radius 2 is 2.31 bits per heavy atom. The molecule has 5 heteroatoms. The molecule has 0 unspecified atom stereocenters. The first-order chi connectivity index (χ1) is 7.68. The summed E-state index contributed by atoms with van der Waals surface area (Å²) in [5, 5.41) is 0.694. The summed E-state index contributed by atoms with van der Waals surface area (Å²) in [5.41, 5.74) is 6.58. The number of imidazole rings is 1. The van der Waals surface area contributed by atoms with Gasteiger partial charge in [0.05, 0.1) is 10.8 Å². The molecular weight excluding hydrogens is 242 g/mol. The van der Waals surface area contributed by atoms with Gasteiger partial charge in [0.25, 0.3) is 0 Å². The summed E-state index contributed by atoms with van der Waals surface area (Å²) in [4.78, 5) is 5.17. The van der Waals surface area contributed by atoms with E-state index < -0.39 is 0 Å². The van der Waals surface area contributed by atoms with E-state index in [-0.39, 0.29) is 0 Å². The lowest BCUT2D eigenvalue weighted by molar-refractivity contribution is 0.849. The number of hydrogen-bond acceptors (Lipinski definition) is 3. The van der Waals surface area contributed by atoms with Gasteiger partial charge in [0, 0.05) is 30.0 Å². The standard InChI is InChI=1S/C11H12ClN3S/c1-15-6-5-14-10(15)7-16-11-8(12)3-2-4-9(11)13/h2-6H,7,13H2,1H3. The second-order valence-electron chi connectivity index (χ2n) is 3.40. The van der Waals surface area contributed by atoms with Crippen LogP contribution in [0.1, 0.15) is 5.82 Å². The highest BCUT2D eigenvalue weighted by atomic mass is 35.5. The van der Waals surface area contributed by atoms with Gasteiger partial charge in [-0.25, -0.2) is 4.98 Å². The van der Waals surface area contributed by atoms with Crippen molar-refractivity contribution in [1.29, 1.82) is 0 Å². The summed E-state index contributed by atoms with van der Waals surface area (Å²) in [6.45, 7) is 0. The van der Waals surface area contributed by atoms with Gasteiger partial charge in [0.1, 0.15) is 5.82 Å². The maximum atomic E-state index is 6.08. The minimum Gasteiger partial charge on any atom is -0.398 e. The second-order valence-corrected chi connectivity index (χ2v) is 4.79. The third kappa shape index (κ3) is 2.33. The molecule has 0 bridgehead atoms. The SMILES string of the molecule is Cn1ccnc1CSc1c(N)cccc1Cl. The van der Waals surface area contributed by atoms with Gasteiger partial charge in [-0.05, 0) is 12.1 Å². The first-order valence-electron chi connectivity index (χ1n) is 4.81. The van der Waals surface area contributed by atoms with Crippen LogP contribution in [0, 0.1) is 0 Å². The van der Waals surface area contributed by atoms with Crippen molar-refractivity contribution in [2.24, 2.45) is 7.05 Å². The van der Waals surface area contributed by atoms with E-state index in [1.807, 2.05) is 36.0 Å². The molecule has 2 aromatic rings. The van der Waals surface area contributed by atoms with E-state index in [0.29, 0.717) is 10.7 Å². The first kappa shape index (κ1) is 11.4. The molecule has 0 aliphatic heterocycles. The summed E-state index contributed by atoms with van der Waals surface area (Å²) >= 11 is 7.69. The number of nitrogens with two attached hydrogens (primary N) is 1. The fourth-order valence-electron chi connectivity index (χ4n) is 1.35. The summed E-state index contributed by atoms with van der Waals surface area (Å²) in [6, 6.07) is 5.55. The molecule has 84 valence electrons. The maximum absolute atomic E-state index is 6.08. The van der Waals surface area contributed by atoms with E-state index in [2.05, 4.69) is 4.98 Å². The minimum atomic E-state index is 0.694. The Hall–Kier alpha value is -1.13. The van der Waals surface area contributed by atoms with E-state index >= 15 is 0 Å². The van der Waals surface area contributed by atoms with Gasteiger partial charge >= 0.3 is 0 Å². The zero-order valence-corrected chi connectivity index (χ0v) is 10.4. The van der Waals surface area contributed by atoms with Gasteiger partial charge in [0.15, 0.2) is 0 Å². The quantitative estimate of drug-likeness (QED) is 0.676. The topological polar surface area (TPSA) is 43.8 Å². The van der Waals surface area contributed by atoms with Crippen LogP contribution >= 0.6 is 23.4 Å². The van der Waals surface area contributed by atoms with Crippen molar-refractivity contribution >= 4 is 29.1 Å². The van der Waals surface area contributed by atoms with Crippen molar-refractivity contribution in [3.8, 4) is 0 Å². The monoisotopic (exact) mass is 253 g/mol. The Morgan fingerprint density at radius 1 is 1.50 bits per heavy atom. The van der Waals surface area contributed by atoms with Crippen LogP contribution in [0.3, 0.4) is 0 Å². The molecule has 0 amide bonds. The van der Waals surface area contributed by atoms with Gasteiger partial charge in [0.2, 0.25) is 0 Å². The molecular formula is C11H12ClN3S. The molecule has 1 heterocycles. The lowest BCUT2D eigenvalue weighted by Crippen LogP contribution is -1.95. The molecule has 0 atom stereocenters. The molecule has 0 saturated heterocycles. The number of aryl methyl sites for hydroxylation is 1. The van der Waals surface area contributed by atoms with Crippen LogP contribution in [-0.4, -0.2) is 9.55 Å². The number of nitrogen functional groups attached to an aromatic ring is 1. The summed E-state index contributed by atoms with van der Waals surface area (Å²) in [6.07, 6.45) is 3.71. The maximum Gasteiger partial charge on any atom is 0.118 e. The highest BCUT2D eigenvalue weighted by molar-refractivity contribution is 7.98. The molecule has 0 aliphatic rings. The average molecular weight is 254 g/mol. The lowest BCUT2D eigenvalue weighted by Gasteiger charge is -2.07. The Kier molecular flexibility index (Phi) is 3.41.